The van der Waals surface area contributed by atoms with Gasteiger partial charge in [0.25, 0.3) is 0 Å². The van der Waals surface area contributed by atoms with Gasteiger partial charge in [-0.05, 0) is 18.8 Å². The Labute approximate surface area is 64.2 Å². The third-order valence-corrected chi connectivity index (χ3v) is 2.14. The fraction of sp³-hybridized carbons (Fsp3) is 1.00. The van der Waals surface area contributed by atoms with Crippen LogP contribution in [0.2, 0.25) is 0 Å². The zero-order valence-electron chi connectivity index (χ0n) is 6.49. The van der Waals surface area contributed by atoms with Gasteiger partial charge in [0.1, 0.15) is 0 Å². The Bertz CT molecular complexity index is 124. The fourth-order valence-corrected chi connectivity index (χ4v) is 1.26. The fourth-order valence-electron chi connectivity index (χ4n) is 1.26. The summed E-state index contributed by atoms with van der Waals surface area (Å²) in [4.78, 5) is 0.590. The zero-order chi connectivity index (χ0) is 8.48. The Kier molecular flexibility index (Phi) is 2.42. The SMILES string of the molecule is CC1CCN(C(F)(F)F)CC1. The summed E-state index contributed by atoms with van der Waals surface area (Å²) in [6.07, 6.45) is -2.78. The smallest absolute Gasteiger partial charge is 0.214 e. The highest BCUT2D eigenvalue weighted by Gasteiger charge is 2.38. The van der Waals surface area contributed by atoms with E-state index in [9.17, 15) is 13.2 Å². The molecule has 1 saturated heterocycles. The van der Waals surface area contributed by atoms with Crippen LogP contribution in [0.15, 0.2) is 0 Å². The average molecular weight is 167 g/mol. The number of hydrogen-bond donors (Lipinski definition) is 0. The molecule has 11 heavy (non-hydrogen) atoms. The van der Waals surface area contributed by atoms with E-state index < -0.39 is 6.30 Å². The highest BCUT2D eigenvalue weighted by Crippen LogP contribution is 2.27. The molecule has 1 rings (SSSR count). The standard InChI is InChI=1S/C7H12F3N/c1-6-2-4-11(5-3-6)7(8,9)10/h6H,2-5H2,1H3. The maximum absolute atomic E-state index is 12.0. The van der Waals surface area contributed by atoms with Gasteiger partial charge in [-0.1, -0.05) is 6.92 Å². The van der Waals surface area contributed by atoms with Crippen molar-refractivity contribution in [2.45, 2.75) is 26.1 Å². The first-order valence-electron chi connectivity index (χ1n) is 3.82. The number of halogens is 3. The summed E-state index contributed by atoms with van der Waals surface area (Å²) >= 11 is 0. The molecule has 0 N–H and O–H groups in total. The summed E-state index contributed by atoms with van der Waals surface area (Å²) in [5, 5.41) is 0. The molecule has 0 radical (unpaired) electrons. The van der Waals surface area contributed by atoms with Crippen LogP contribution in [-0.2, 0) is 0 Å². The molecule has 1 aliphatic rings. The van der Waals surface area contributed by atoms with Crippen molar-refractivity contribution in [3.05, 3.63) is 0 Å². The Balaban J connectivity index is 2.39. The summed E-state index contributed by atoms with van der Waals surface area (Å²) in [6, 6.07) is 0. The molecule has 0 unspecified atom stereocenters. The zero-order valence-corrected chi connectivity index (χ0v) is 6.49. The molecule has 0 saturated carbocycles. The summed E-state index contributed by atoms with van der Waals surface area (Å²) in [7, 11) is 0. The Morgan fingerprint density at radius 3 is 2.00 bits per heavy atom. The summed E-state index contributed by atoms with van der Waals surface area (Å²) < 4.78 is 36.0. The third kappa shape index (κ3) is 2.36. The van der Waals surface area contributed by atoms with E-state index >= 15 is 0 Å². The van der Waals surface area contributed by atoms with Gasteiger partial charge in [0.2, 0.25) is 0 Å². The van der Waals surface area contributed by atoms with Gasteiger partial charge in [0.15, 0.2) is 0 Å². The molecule has 0 bridgehead atoms. The van der Waals surface area contributed by atoms with Gasteiger partial charge in [-0.25, -0.2) is 4.90 Å². The predicted octanol–water partition coefficient (Wildman–Crippen LogP) is 2.24. The normalized spacial score (nSPS) is 24.0. The number of piperidine rings is 1. The molecular formula is C7H12F3N. The summed E-state index contributed by atoms with van der Waals surface area (Å²) in [5.74, 6) is 0.452. The molecular weight excluding hydrogens is 155 g/mol. The second-order valence-electron chi connectivity index (χ2n) is 3.14. The lowest BCUT2D eigenvalue weighted by atomic mass is 10.00. The van der Waals surface area contributed by atoms with E-state index in [4.69, 9.17) is 0 Å². The maximum Gasteiger partial charge on any atom is 0.459 e. The first-order chi connectivity index (χ1) is 5.00. The molecule has 1 heterocycles. The van der Waals surface area contributed by atoms with Gasteiger partial charge in [0, 0.05) is 13.1 Å². The molecule has 0 spiro atoms. The van der Waals surface area contributed by atoms with Crippen LogP contribution in [0.5, 0.6) is 0 Å². The van der Waals surface area contributed by atoms with Gasteiger partial charge in [-0.3, -0.25) is 0 Å². The van der Waals surface area contributed by atoms with Crippen molar-refractivity contribution in [3.8, 4) is 0 Å². The van der Waals surface area contributed by atoms with Crippen LogP contribution in [0.25, 0.3) is 0 Å². The molecule has 1 fully saturated rings. The van der Waals surface area contributed by atoms with Crippen LogP contribution in [0, 0.1) is 5.92 Å². The molecule has 66 valence electrons. The topological polar surface area (TPSA) is 3.24 Å². The molecule has 0 aromatic rings. The van der Waals surface area contributed by atoms with Crippen molar-refractivity contribution in [2.24, 2.45) is 5.92 Å². The number of alkyl halides is 3. The lowest BCUT2D eigenvalue weighted by Crippen LogP contribution is -2.43. The maximum atomic E-state index is 12.0. The van der Waals surface area contributed by atoms with Crippen LogP contribution in [-0.4, -0.2) is 24.3 Å². The van der Waals surface area contributed by atoms with E-state index in [2.05, 4.69) is 0 Å². The number of hydrogen-bond acceptors (Lipinski definition) is 1. The summed E-state index contributed by atoms with van der Waals surface area (Å²) in [5.41, 5.74) is 0. The molecule has 1 nitrogen and oxygen atoms in total. The van der Waals surface area contributed by atoms with Crippen LogP contribution in [0.4, 0.5) is 13.2 Å². The third-order valence-electron chi connectivity index (χ3n) is 2.14. The monoisotopic (exact) mass is 167 g/mol. The van der Waals surface area contributed by atoms with Gasteiger partial charge in [-0.15, -0.1) is 0 Å². The van der Waals surface area contributed by atoms with Gasteiger partial charge in [0.05, 0.1) is 0 Å². The molecule has 0 atom stereocenters. The minimum Gasteiger partial charge on any atom is -0.214 e. The first-order valence-corrected chi connectivity index (χ1v) is 3.82. The molecule has 1 aliphatic heterocycles. The minimum absolute atomic E-state index is 0.171. The Morgan fingerprint density at radius 1 is 1.18 bits per heavy atom. The van der Waals surface area contributed by atoms with Crippen molar-refractivity contribution in [2.75, 3.05) is 13.1 Å². The number of rotatable bonds is 0. The van der Waals surface area contributed by atoms with Crippen molar-refractivity contribution in [3.63, 3.8) is 0 Å². The highest BCUT2D eigenvalue weighted by molar-refractivity contribution is 4.70. The first kappa shape index (κ1) is 8.84. The lowest BCUT2D eigenvalue weighted by molar-refractivity contribution is -0.251. The van der Waals surface area contributed by atoms with E-state index in [0.717, 1.165) is 0 Å². The van der Waals surface area contributed by atoms with Crippen LogP contribution in [0.1, 0.15) is 19.8 Å². The van der Waals surface area contributed by atoms with Gasteiger partial charge < -0.3 is 0 Å². The van der Waals surface area contributed by atoms with Crippen LogP contribution >= 0.6 is 0 Å². The molecule has 0 aromatic carbocycles. The quantitative estimate of drug-likeness (QED) is 0.500. The molecule has 0 aromatic heterocycles. The van der Waals surface area contributed by atoms with Crippen LogP contribution < -0.4 is 0 Å². The van der Waals surface area contributed by atoms with Gasteiger partial charge in [-0.2, -0.15) is 13.2 Å². The van der Waals surface area contributed by atoms with Gasteiger partial charge >= 0.3 is 6.30 Å². The minimum atomic E-state index is -4.11. The molecule has 0 amide bonds. The van der Waals surface area contributed by atoms with E-state index in [-0.39, 0.29) is 13.1 Å². The number of nitrogens with zero attached hydrogens (tertiary/aromatic N) is 1. The van der Waals surface area contributed by atoms with Crippen molar-refractivity contribution >= 4 is 0 Å². The van der Waals surface area contributed by atoms with E-state index in [1.165, 1.54) is 0 Å². The number of likely N-dealkylation sites (tertiary alicyclic amines) is 1. The van der Waals surface area contributed by atoms with Crippen molar-refractivity contribution < 1.29 is 13.2 Å². The van der Waals surface area contributed by atoms with Crippen LogP contribution in [0.3, 0.4) is 0 Å². The second-order valence-corrected chi connectivity index (χ2v) is 3.14. The highest BCUT2D eigenvalue weighted by atomic mass is 19.4. The van der Waals surface area contributed by atoms with Crippen molar-refractivity contribution in [1.82, 2.24) is 4.90 Å². The molecule has 0 aliphatic carbocycles. The molecule has 4 heteroatoms. The second kappa shape index (κ2) is 3.01. The summed E-state index contributed by atoms with van der Waals surface area (Å²) in [6.45, 7) is 2.34. The predicted molar refractivity (Wildman–Crippen MR) is 36.0 cm³/mol. The Morgan fingerprint density at radius 2 is 1.64 bits per heavy atom. The lowest BCUT2D eigenvalue weighted by Gasteiger charge is -2.31. The van der Waals surface area contributed by atoms with E-state index in [0.29, 0.717) is 23.7 Å². The average Bonchev–Trinajstić information content (AvgIpc) is 1.86. The van der Waals surface area contributed by atoms with E-state index in [1.54, 1.807) is 0 Å². The Hall–Kier alpha value is -0.250. The van der Waals surface area contributed by atoms with E-state index in [1.807, 2.05) is 6.92 Å². The largest absolute Gasteiger partial charge is 0.459 e. The van der Waals surface area contributed by atoms with Crippen molar-refractivity contribution in [1.29, 1.82) is 0 Å².